The van der Waals surface area contributed by atoms with E-state index in [9.17, 15) is 22.8 Å². The average molecular weight is 499 g/mol. The Bertz CT molecular complexity index is 1470. The van der Waals surface area contributed by atoms with Crippen molar-refractivity contribution >= 4 is 38.6 Å². The van der Waals surface area contributed by atoms with Gasteiger partial charge in [-0.1, -0.05) is 17.7 Å². The molecule has 10 nitrogen and oxygen atoms in total. The van der Waals surface area contributed by atoms with E-state index in [-0.39, 0.29) is 54.9 Å². The van der Waals surface area contributed by atoms with Crippen LogP contribution in [0.4, 0.5) is 5.69 Å². The van der Waals surface area contributed by atoms with Crippen LogP contribution >= 0.6 is 0 Å². The second-order valence-electron chi connectivity index (χ2n) is 9.03. The van der Waals surface area contributed by atoms with Crippen LogP contribution < -0.4 is 10.7 Å². The van der Waals surface area contributed by atoms with Crippen molar-refractivity contribution < 1.29 is 22.4 Å². The molecule has 184 valence electrons. The molecule has 3 aromatic rings. The maximum atomic E-state index is 13.2. The summed E-state index contributed by atoms with van der Waals surface area (Å²) in [6.45, 7) is 3.08. The molecule has 2 aliphatic heterocycles. The van der Waals surface area contributed by atoms with Gasteiger partial charge in [0.2, 0.25) is 21.8 Å². The van der Waals surface area contributed by atoms with Gasteiger partial charge < -0.3 is 14.2 Å². The highest BCUT2D eigenvalue weighted by Gasteiger charge is 2.39. The third-order valence-electron chi connectivity index (χ3n) is 6.77. The summed E-state index contributed by atoms with van der Waals surface area (Å²) >= 11 is 0. The van der Waals surface area contributed by atoms with Gasteiger partial charge in [-0.05, 0) is 31.2 Å². The minimum atomic E-state index is -3.82. The monoisotopic (exact) mass is 498 g/mol. The second-order valence-corrected chi connectivity index (χ2v) is 11.0. The summed E-state index contributed by atoms with van der Waals surface area (Å²) in [5.41, 5.74) is 2.58. The Kier molecular flexibility index (Phi) is 5.76. The lowest BCUT2D eigenvalue weighted by atomic mass is 10.1. The van der Waals surface area contributed by atoms with Gasteiger partial charge in [-0.15, -0.1) is 0 Å². The first kappa shape index (κ1) is 23.3. The molecule has 1 unspecified atom stereocenters. The lowest BCUT2D eigenvalue weighted by molar-refractivity contribution is -0.136. The molecule has 2 amide bonds. The van der Waals surface area contributed by atoms with E-state index in [2.05, 4.69) is 0 Å². The lowest BCUT2D eigenvalue weighted by Gasteiger charge is -2.35. The van der Waals surface area contributed by atoms with Crippen LogP contribution in [0.3, 0.4) is 0 Å². The number of nitrogens with zero attached hydrogens (tertiary/aromatic N) is 4. The number of anilines is 1. The molecule has 35 heavy (non-hydrogen) atoms. The van der Waals surface area contributed by atoms with Crippen molar-refractivity contribution in [1.82, 2.24) is 13.8 Å². The summed E-state index contributed by atoms with van der Waals surface area (Å²) in [7, 11) is -2.27. The smallest absolute Gasteiger partial charge is 0.408 e. The fraction of sp³-hybridized carbons (Fsp3) is 0.375. The van der Waals surface area contributed by atoms with E-state index in [1.807, 2.05) is 31.2 Å². The zero-order valence-corrected chi connectivity index (χ0v) is 20.3. The lowest BCUT2D eigenvalue weighted by Crippen LogP contribution is -2.52. The third-order valence-corrected chi connectivity index (χ3v) is 8.67. The van der Waals surface area contributed by atoms with E-state index in [1.165, 1.54) is 21.0 Å². The van der Waals surface area contributed by atoms with Gasteiger partial charge in [0, 0.05) is 57.9 Å². The Balaban J connectivity index is 1.24. The largest absolute Gasteiger partial charge is 0.419 e. The molecule has 0 saturated carbocycles. The summed E-state index contributed by atoms with van der Waals surface area (Å²) in [4.78, 5) is 40.7. The number of fused-ring (bicyclic) bond motifs is 1. The minimum Gasteiger partial charge on any atom is -0.408 e. The van der Waals surface area contributed by atoms with E-state index < -0.39 is 21.7 Å². The summed E-state index contributed by atoms with van der Waals surface area (Å²) in [5, 5.41) is 0. The maximum absolute atomic E-state index is 13.2. The van der Waals surface area contributed by atoms with Crippen LogP contribution in [0.25, 0.3) is 11.1 Å². The van der Waals surface area contributed by atoms with Crippen LogP contribution in [0.5, 0.6) is 0 Å². The average Bonchev–Trinajstić information content (AvgIpc) is 3.38. The molecule has 2 aromatic carbocycles. The van der Waals surface area contributed by atoms with Gasteiger partial charge in [-0.2, -0.15) is 4.31 Å². The quantitative estimate of drug-likeness (QED) is 0.536. The van der Waals surface area contributed by atoms with Crippen LogP contribution in [0.1, 0.15) is 12.0 Å². The number of aromatic nitrogens is 1. The molecule has 3 heterocycles. The number of rotatable bonds is 4. The van der Waals surface area contributed by atoms with Gasteiger partial charge in [0.25, 0.3) is 0 Å². The molecule has 2 fully saturated rings. The van der Waals surface area contributed by atoms with Gasteiger partial charge in [0.05, 0.1) is 16.3 Å². The molecule has 2 aliphatic rings. The molecule has 1 aromatic heterocycles. The SMILES string of the molecule is Cc1ccc(N2CC(C(=O)N3CCN(S(=O)(=O)c4ccc5c(c4)oc(=O)n5C)CC3)CC2=O)cc1. The Hall–Kier alpha value is -3.44. The van der Waals surface area contributed by atoms with Crippen LogP contribution in [0, 0.1) is 12.8 Å². The zero-order valence-electron chi connectivity index (χ0n) is 19.5. The van der Waals surface area contributed by atoms with Crippen LogP contribution in [0.15, 0.2) is 56.6 Å². The second kappa shape index (κ2) is 8.65. The van der Waals surface area contributed by atoms with Crippen molar-refractivity contribution in [2.75, 3.05) is 37.6 Å². The highest BCUT2D eigenvalue weighted by Crippen LogP contribution is 2.28. The maximum Gasteiger partial charge on any atom is 0.419 e. The third kappa shape index (κ3) is 4.14. The van der Waals surface area contributed by atoms with E-state index >= 15 is 0 Å². The normalized spacial score (nSPS) is 19.6. The van der Waals surface area contributed by atoms with Crippen molar-refractivity contribution in [1.29, 1.82) is 0 Å². The Labute approximate surface area is 202 Å². The Morgan fingerprint density at radius 3 is 2.37 bits per heavy atom. The molecular weight excluding hydrogens is 472 g/mol. The van der Waals surface area contributed by atoms with Crippen molar-refractivity contribution in [2.45, 2.75) is 18.2 Å². The molecule has 11 heteroatoms. The van der Waals surface area contributed by atoms with E-state index in [0.717, 1.165) is 11.3 Å². The highest BCUT2D eigenvalue weighted by molar-refractivity contribution is 7.89. The van der Waals surface area contributed by atoms with Gasteiger partial charge >= 0.3 is 5.76 Å². The topological polar surface area (TPSA) is 113 Å². The molecule has 0 bridgehead atoms. The van der Waals surface area contributed by atoms with Crippen molar-refractivity contribution in [2.24, 2.45) is 13.0 Å². The number of aryl methyl sites for hydroxylation is 2. The van der Waals surface area contributed by atoms with Crippen molar-refractivity contribution in [3.63, 3.8) is 0 Å². The summed E-state index contributed by atoms with van der Waals surface area (Å²) in [6, 6.07) is 12.0. The van der Waals surface area contributed by atoms with Crippen LogP contribution in [-0.4, -0.2) is 66.7 Å². The predicted molar refractivity (Wildman–Crippen MR) is 128 cm³/mol. The highest BCUT2D eigenvalue weighted by atomic mass is 32.2. The summed E-state index contributed by atoms with van der Waals surface area (Å²) < 4.78 is 34.1. The number of hydrogen-bond donors (Lipinski definition) is 0. The number of hydrogen-bond acceptors (Lipinski definition) is 6. The van der Waals surface area contributed by atoms with Crippen molar-refractivity contribution in [3.05, 3.63) is 58.6 Å². The van der Waals surface area contributed by atoms with Gasteiger partial charge in [-0.25, -0.2) is 13.2 Å². The van der Waals surface area contributed by atoms with Gasteiger partial charge in [-0.3, -0.25) is 14.2 Å². The molecule has 1 atom stereocenters. The molecule has 0 N–H and O–H groups in total. The van der Waals surface area contributed by atoms with Crippen LogP contribution in [-0.2, 0) is 26.7 Å². The van der Waals surface area contributed by atoms with Gasteiger partial charge in [0.1, 0.15) is 0 Å². The number of carbonyl (C=O) groups is 2. The first-order valence-corrected chi connectivity index (χ1v) is 12.8. The Morgan fingerprint density at radius 2 is 1.69 bits per heavy atom. The molecule has 2 saturated heterocycles. The van der Waals surface area contributed by atoms with Crippen LogP contribution in [0.2, 0.25) is 0 Å². The first-order chi connectivity index (χ1) is 16.6. The number of oxazole rings is 1. The van der Waals surface area contributed by atoms with Crippen molar-refractivity contribution in [3.8, 4) is 0 Å². The number of sulfonamides is 1. The number of amides is 2. The molecule has 0 aliphatic carbocycles. The predicted octanol–water partition coefficient (Wildman–Crippen LogP) is 1.33. The summed E-state index contributed by atoms with van der Waals surface area (Å²) in [6.07, 6.45) is 0.146. The minimum absolute atomic E-state index is 0.0363. The zero-order chi connectivity index (χ0) is 24.9. The Morgan fingerprint density at radius 1 is 1.00 bits per heavy atom. The van der Waals surface area contributed by atoms with E-state index in [0.29, 0.717) is 12.1 Å². The molecular formula is C24H26N4O6S. The fourth-order valence-corrected chi connectivity index (χ4v) is 6.12. The first-order valence-electron chi connectivity index (χ1n) is 11.4. The number of carbonyl (C=O) groups excluding carboxylic acids is 2. The number of piperazine rings is 1. The van der Waals surface area contributed by atoms with Gasteiger partial charge in [0.15, 0.2) is 5.58 Å². The fourth-order valence-electron chi connectivity index (χ4n) is 4.68. The molecule has 0 radical (unpaired) electrons. The standard InChI is InChI=1S/C24H26N4O6S/c1-16-3-5-18(6-4-16)28-15-17(13-22(28)29)23(30)26-9-11-27(12-10-26)35(32,33)19-7-8-20-21(14-19)34-24(31)25(20)2/h3-8,14,17H,9-13,15H2,1-2H3. The number of benzene rings is 2. The molecule has 5 rings (SSSR count). The molecule has 0 spiro atoms. The van der Waals surface area contributed by atoms with E-state index in [4.69, 9.17) is 4.42 Å². The summed E-state index contributed by atoms with van der Waals surface area (Å²) in [5.74, 6) is -1.22. The van der Waals surface area contributed by atoms with E-state index in [1.54, 1.807) is 22.9 Å².